The van der Waals surface area contributed by atoms with Crippen LogP contribution < -0.4 is 0 Å². The van der Waals surface area contributed by atoms with Gasteiger partial charge in [-0.1, -0.05) is 11.6 Å². The molecule has 11 heavy (non-hydrogen) atoms. The summed E-state index contributed by atoms with van der Waals surface area (Å²) in [5.41, 5.74) is -0.109. The molecule has 2 saturated heterocycles. The molecular weight excluding hydrogens is 162 g/mol. The molecule has 0 aliphatic carbocycles. The van der Waals surface area contributed by atoms with Crippen molar-refractivity contribution in [1.29, 1.82) is 5.26 Å². The standard InChI is InChI=1S/C8H10ClNO/c1-7-3-2-6(11-7)8(9,4-7)5-10/h6H,2-4H2,1H3/t6-,7+,8?/m1/s1. The van der Waals surface area contributed by atoms with E-state index in [4.69, 9.17) is 21.6 Å². The van der Waals surface area contributed by atoms with E-state index in [0.717, 1.165) is 12.8 Å². The van der Waals surface area contributed by atoms with Crippen LogP contribution in [0, 0.1) is 11.3 Å². The zero-order chi connectivity index (χ0) is 8.11. The minimum Gasteiger partial charge on any atom is -0.369 e. The smallest absolute Gasteiger partial charge is 0.159 e. The number of alkyl halides is 1. The van der Waals surface area contributed by atoms with Gasteiger partial charge in [0, 0.05) is 6.42 Å². The Kier molecular flexibility index (Phi) is 1.28. The van der Waals surface area contributed by atoms with Crippen LogP contribution >= 0.6 is 11.6 Å². The van der Waals surface area contributed by atoms with Crippen LogP contribution in [0.3, 0.4) is 0 Å². The second-order valence-electron chi connectivity index (χ2n) is 3.75. The first-order valence-corrected chi connectivity index (χ1v) is 4.24. The molecule has 2 rings (SSSR count). The van der Waals surface area contributed by atoms with E-state index in [0.29, 0.717) is 6.42 Å². The van der Waals surface area contributed by atoms with E-state index in [1.807, 2.05) is 6.92 Å². The highest BCUT2D eigenvalue weighted by Crippen LogP contribution is 2.51. The van der Waals surface area contributed by atoms with Crippen molar-refractivity contribution in [2.24, 2.45) is 0 Å². The molecule has 0 spiro atoms. The summed E-state index contributed by atoms with van der Waals surface area (Å²) in [4.78, 5) is -0.729. The van der Waals surface area contributed by atoms with Gasteiger partial charge in [-0.15, -0.1) is 0 Å². The molecule has 60 valence electrons. The topological polar surface area (TPSA) is 33.0 Å². The minimum atomic E-state index is -0.729. The second-order valence-corrected chi connectivity index (χ2v) is 4.42. The Bertz CT molecular complexity index is 237. The summed E-state index contributed by atoms with van der Waals surface area (Å²) in [5, 5.41) is 8.80. The van der Waals surface area contributed by atoms with Crippen molar-refractivity contribution in [3.63, 3.8) is 0 Å². The first-order valence-electron chi connectivity index (χ1n) is 3.86. The average molecular weight is 172 g/mol. The molecule has 2 aliphatic heterocycles. The molecule has 0 amide bonds. The second kappa shape index (κ2) is 1.91. The fourth-order valence-corrected chi connectivity index (χ4v) is 2.56. The van der Waals surface area contributed by atoms with Crippen LogP contribution in [-0.4, -0.2) is 16.6 Å². The van der Waals surface area contributed by atoms with Gasteiger partial charge in [-0.2, -0.15) is 5.26 Å². The lowest BCUT2D eigenvalue weighted by Crippen LogP contribution is -2.33. The van der Waals surface area contributed by atoms with E-state index in [1.165, 1.54) is 0 Å². The largest absolute Gasteiger partial charge is 0.369 e. The van der Waals surface area contributed by atoms with E-state index in [-0.39, 0.29) is 11.7 Å². The van der Waals surface area contributed by atoms with Crippen LogP contribution in [0.5, 0.6) is 0 Å². The summed E-state index contributed by atoms with van der Waals surface area (Å²) in [5.74, 6) is 0. The van der Waals surface area contributed by atoms with Gasteiger partial charge in [-0.05, 0) is 19.8 Å². The summed E-state index contributed by atoms with van der Waals surface area (Å²) in [6, 6.07) is 2.14. The molecule has 0 aromatic heterocycles. The molecule has 0 N–H and O–H groups in total. The van der Waals surface area contributed by atoms with Crippen molar-refractivity contribution in [3.8, 4) is 6.07 Å². The normalized spacial score (nSPS) is 54.5. The number of nitrogens with zero attached hydrogens (tertiary/aromatic N) is 1. The van der Waals surface area contributed by atoms with Gasteiger partial charge in [0.1, 0.15) is 0 Å². The fourth-order valence-electron chi connectivity index (χ4n) is 2.12. The Morgan fingerprint density at radius 1 is 1.73 bits per heavy atom. The lowest BCUT2D eigenvalue weighted by Gasteiger charge is -2.23. The SMILES string of the molecule is C[C@@]12CC[C@@H](O1)C(Cl)(C#N)C2. The molecule has 3 heteroatoms. The first-order chi connectivity index (χ1) is 5.08. The van der Waals surface area contributed by atoms with E-state index in [9.17, 15) is 0 Å². The van der Waals surface area contributed by atoms with Gasteiger partial charge in [-0.3, -0.25) is 0 Å². The van der Waals surface area contributed by atoms with Crippen molar-refractivity contribution in [2.45, 2.75) is 42.8 Å². The molecule has 2 heterocycles. The van der Waals surface area contributed by atoms with Gasteiger partial charge >= 0.3 is 0 Å². The molecule has 0 aromatic rings. The van der Waals surface area contributed by atoms with Crippen LogP contribution in [0.4, 0.5) is 0 Å². The average Bonchev–Trinajstić information content (AvgIpc) is 2.41. The van der Waals surface area contributed by atoms with Gasteiger partial charge in [0.2, 0.25) is 0 Å². The summed E-state index contributed by atoms with van der Waals surface area (Å²) < 4.78 is 5.61. The highest BCUT2D eigenvalue weighted by molar-refractivity contribution is 6.26. The number of ether oxygens (including phenoxy) is 1. The number of fused-ring (bicyclic) bond motifs is 2. The van der Waals surface area contributed by atoms with Crippen molar-refractivity contribution >= 4 is 11.6 Å². The zero-order valence-corrected chi connectivity index (χ0v) is 7.19. The quantitative estimate of drug-likeness (QED) is 0.521. The van der Waals surface area contributed by atoms with Crippen LogP contribution in [0.2, 0.25) is 0 Å². The van der Waals surface area contributed by atoms with E-state index in [1.54, 1.807) is 0 Å². The molecule has 2 nitrogen and oxygen atoms in total. The molecule has 0 radical (unpaired) electrons. The summed E-state index contributed by atoms with van der Waals surface area (Å²) in [6.45, 7) is 2.04. The van der Waals surface area contributed by atoms with Gasteiger partial charge in [0.05, 0.1) is 17.8 Å². The number of hydrogen-bond donors (Lipinski definition) is 0. The van der Waals surface area contributed by atoms with E-state index >= 15 is 0 Å². The summed E-state index contributed by atoms with van der Waals surface area (Å²) in [6.07, 6.45) is 2.64. The molecule has 1 unspecified atom stereocenters. The lowest BCUT2D eigenvalue weighted by molar-refractivity contribution is 0.0272. The molecule has 0 aromatic carbocycles. The lowest BCUT2D eigenvalue weighted by atomic mass is 9.82. The van der Waals surface area contributed by atoms with Gasteiger partial charge in [-0.25, -0.2) is 0 Å². The third kappa shape index (κ3) is 0.881. The van der Waals surface area contributed by atoms with Crippen molar-refractivity contribution < 1.29 is 4.74 Å². The Hall–Kier alpha value is -0.260. The maximum atomic E-state index is 8.80. The van der Waals surface area contributed by atoms with Crippen molar-refractivity contribution in [1.82, 2.24) is 0 Å². The van der Waals surface area contributed by atoms with Gasteiger partial charge in [0.15, 0.2) is 4.87 Å². The summed E-state index contributed by atoms with van der Waals surface area (Å²) in [7, 11) is 0. The van der Waals surface area contributed by atoms with Gasteiger partial charge in [0.25, 0.3) is 0 Å². The van der Waals surface area contributed by atoms with E-state index < -0.39 is 4.87 Å². The Morgan fingerprint density at radius 2 is 2.45 bits per heavy atom. The number of halogens is 1. The van der Waals surface area contributed by atoms with E-state index in [2.05, 4.69) is 6.07 Å². The van der Waals surface area contributed by atoms with Crippen LogP contribution in [0.15, 0.2) is 0 Å². The third-order valence-corrected chi connectivity index (χ3v) is 3.15. The van der Waals surface area contributed by atoms with Crippen LogP contribution in [0.25, 0.3) is 0 Å². The maximum Gasteiger partial charge on any atom is 0.159 e. The molecule has 2 fully saturated rings. The molecular formula is C8H10ClNO. The third-order valence-electron chi connectivity index (χ3n) is 2.69. The number of nitriles is 1. The van der Waals surface area contributed by atoms with Crippen LogP contribution in [0.1, 0.15) is 26.2 Å². The maximum absolute atomic E-state index is 8.80. The summed E-state index contributed by atoms with van der Waals surface area (Å²) >= 11 is 6.06. The number of hydrogen-bond acceptors (Lipinski definition) is 2. The Labute approximate surface area is 71.1 Å². The minimum absolute atomic E-state index is 0.0285. The predicted octanol–water partition coefficient (Wildman–Crippen LogP) is 1.83. The Morgan fingerprint density at radius 3 is 2.73 bits per heavy atom. The van der Waals surface area contributed by atoms with Gasteiger partial charge < -0.3 is 4.74 Å². The fraction of sp³-hybridized carbons (Fsp3) is 0.875. The highest BCUT2D eigenvalue weighted by Gasteiger charge is 2.57. The van der Waals surface area contributed by atoms with Crippen molar-refractivity contribution in [3.05, 3.63) is 0 Å². The molecule has 0 saturated carbocycles. The Balaban J connectivity index is 2.30. The highest BCUT2D eigenvalue weighted by atomic mass is 35.5. The van der Waals surface area contributed by atoms with Crippen molar-refractivity contribution in [2.75, 3.05) is 0 Å². The molecule has 3 atom stereocenters. The first kappa shape index (κ1) is 7.39. The zero-order valence-electron chi connectivity index (χ0n) is 6.43. The molecule has 2 bridgehead atoms. The number of rotatable bonds is 0. The van der Waals surface area contributed by atoms with Crippen LogP contribution in [-0.2, 0) is 4.74 Å². The predicted molar refractivity (Wildman–Crippen MR) is 41.3 cm³/mol. The molecule has 2 aliphatic rings. The monoisotopic (exact) mass is 171 g/mol.